The van der Waals surface area contributed by atoms with Crippen molar-refractivity contribution in [1.82, 2.24) is 4.98 Å². The number of halogens is 1. The summed E-state index contributed by atoms with van der Waals surface area (Å²) in [6, 6.07) is 7.37. The molecule has 2 aromatic rings. The van der Waals surface area contributed by atoms with Crippen LogP contribution < -0.4 is 0 Å². The van der Waals surface area contributed by atoms with Crippen LogP contribution in [0.15, 0.2) is 40.3 Å². The van der Waals surface area contributed by atoms with Crippen molar-refractivity contribution in [3.05, 3.63) is 50.9 Å². The Morgan fingerprint density at radius 3 is 2.65 bits per heavy atom. The first-order valence-corrected chi connectivity index (χ1v) is 6.70. The molecule has 5 heteroatoms. The summed E-state index contributed by atoms with van der Waals surface area (Å²) in [5.74, 6) is -1.35. The maximum Gasteiger partial charge on any atom is 0.311 e. The number of hydrogen-bond acceptors (Lipinski definition) is 3. The van der Waals surface area contributed by atoms with Gasteiger partial charge in [-0.1, -0.05) is 28.1 Å². The predicted molar refractivity (Wildman–Crippen MR) is 70.3 cm³/mol. The third kappa shape index (κ3) is 3.14. The summed E-state index contributed by atoms with van der Waals surface area (Å²) in [4.78, 5) is 15.4. The van der Waals surface area contributed by atoms with Gasteiger partial charge in [0.15, 0.2) is 0 Å². The van der Waals surface area contributed by atoms with Gasteiger partial charge in [-0.25, -0.2) is 4.98 Å². The van der Waals surface area contributed by atoms with E-state index in [0.29, 0.717) is 6.42 Å². The summed E-state index contributed by atoms with van der Waals surface area (Å²) in [5, 5.41) is 12.0. The van der Waals surface area contributed by atoms with Crippen LogP contribution in [-0.4, -0.2) is 16.1 Å². The lowest BCUT2D eigenvalue weighted by atomic mass is 9.96. The summed E-state index contributed by atoms with van der Waals surface area (Å²) < 4.78 is 0.944. The number of carboxylic acid groups (broad SMARTS) is 1. The highest BCUT2D eigenvalue weighted by molar-refractivity contribution is 9.10. The van der Waals surface area contributed by atoms with Gasteiger partial charge < -0.3 is 5.11 Å². The molecule has 0 amide bonds. The number of carbonyl (C=O) groups is 1. The third-order valence-corrected chi connectivity index (χ3v) is 3.76. The zero-order valence-electron chi connectivity index (χ0n) is 8.84. The van der Waals surface area contributed by atoms with E-state index in [1.54, 1.807) is 6.20 Å². The molecule has 0 aliphatic heterocycles. The van der Waals surface area contributed by atoms with Crippen LogP contribution in [0.3, 0.4) is 0 Å². The first-order valence-electron chi connectivity index (χ1n) is 5.03. The lowest BCUT2D eigenvalue weighted by Crippen LogP contribution is -2.14. The SMILES string of the molecule is O=C(O)C(Cc1nccs1)c1ccc(Br)cc1. The van der Waals surface area contributed by atoms with E-state index in [9.17, 15) is 9.90 Å². The van der Waals surface area contributed by atoms with Crippen LogP contribution in [0.2, 0.25) is 0 Å². The number of aromatic nitrogens is 1. The first kappa shape index (κ1) is 12.3. The van der Waals surface area contributed by atoms with Crippen molar-refractivity contribution in [2.75, 3.05) is 0 Å². The van der Waals surface area contributed by atoms with Crippen molar-refractivity contribution in [3.63, 3.8) is 0 Å². The quantitative estimate of drug-likeness (QED) is 0.942. The molecule has 0 aliphatic carbocycles. The van der Waals surface area contributed by atoms with Crippen molar-refractivity contribution < 1.29 is 9.90 Å². The monoisotopic (exact) mass is 311 g/mol. The molecule has 0 radical (unpaired) electrons. The Labute approximate surface area is 111 Å². The van der Waals surface area contributed by atoms with Crippen LogP contribution in [-0.2, 0) is 11.2 Å². The highest BCUT2D eigenvalue weighted by atomic mass is 79.9. The number of hydrogen-bond donors (Lipinski definition) is 1. The zero-order valence-corrected chi connectivity index (χ0v) is 11.2. The molecule has 1 unspecified atom stereocenters. The van der Waals surface area contributed by atoms with Gasteiger partial charge in [-0.15, -0.1) is 11.3 Å². The molecule has 1 N–H and O–H groups in total. The van der Waals surface area contributed by atoms with E-state index in [-0.39, 0.29) is 0 Å². The number of aliphatic carboxylic acids is 1. The van der Waals surface area contributed by atoms with Gasteiger partial charge in [0.05, 0.1) is 10.9 Å². The average molecular weight is 312 g/mol. The number of nitrogens with zero attached hydrogens (tertiary/aromatic N) is 1. The van der Waals surface area contributed by atoms with E-state index in [4.69, 9.17) is 0 Å². The third-order valence-electron chi connectivity index (χ3n) is 2.43. The van der Waals surface area contributed by atoms with Crippen LogP contribution in [0, 0.1) is 0 Å². The molecule has 1 heterocycles. The largest absolute Gasteiger partial charge is 0.481 e. The van der Waals surface area contributed by atoms with E-state index in [1.807, 2.05) is 29.6 Å². The van der Waals surface area contributed by atoms with Crippen molar-refractivity contribution in [1.29, 1.82) is 0 Å². The highest BCUT2D eigenvalue weighted by Gasteiger charge is 2.21. The lowest BCUT2D eigenvalue weighted by molar-refractivity contribution is -0.138. The molecule has 0 saturated carbocycles. The van der Waals surface area contributed by atoms with E-state index in [1.165, 1.54) is 11.3 Å². The Hall–Kier alpha value is -1.20. The van der Waals surface area contributed by atoms with Crippen LogP contribution >= 0.6 is 27.3 Å². The summed E-state index contributed by atoms with van der Waals surface area (Å²) in [6.07, 6.45) is 2.13. The second-order valence-corrected chi connectivity index (χ2v) is 5.47. The van der Waals surface area contributed by atoms with Crippen molar-refractivity contribution in [2.24, 2.45) is 0 Å². The van der Waals surface area contributed by atoms with Gasteiger partial charge in [0, 0.05) is 22.5 Å². The minimum atomic E-state index is -0.817. The Morgan fingerprint density at radius 2 is 2.12 bits per heavy atom. The summed E-state index contributed by atoms with van der Waals surface area (Å²) >= 11 is 4.82. The fourth-order valence-corrected chi connectivity index (χ4v) is 2.50. The van der Waals surface area contributed by atoms with Gasteiger partial charge in [-0.2, -0.15) is 0 Å². The Morgan fingerprint density at radius 1 is 1.41 bits per heavy atom. The predicted octanol–water partition coefficient (Wildman–Crippen LogP) is 3.32. The fraction of sp³-hybridized carbons (Fsp3) is 0.167. The molecule has 0 fully saturated rings. The second-order valence-electron chi connectivity index (χ2n) is 3.57. The lowest BCUT2D eigenvalue weighted by Gasteiger charge is -2.11. The van der Waals surface area contributed by atoms with Gasteiger partial charge in [0.1, 0.15) is 0 Å². The average Bonchev–Trinajstić information content (AvgIpc) is 2.80. The minimum Gasteiger partial charge on any atom is -0.481 e. The summed E-state index contributed by atoms with van der Waals surface area (Å²) in [7, 11) is 0. The van der Waals surface area contributed by atoms with E-state index in [2.05, 4.69) is 20.9 Å². The zero-order chi connectivity index (χ0) is 12.3. The molecule has 0 bridgehead atoms. The molecule has 1 atom stereocenters. The van der Waals surface area contributed by atoms with Crippen LogP contribution in [0.4, 0.5) is 0 Å². The van der Waals surface area contributed by atoms with Gasteiger partial charge in [-0.3, -0.25) is 4.79 Å². The number of rotatable bonds is 4. The van der Waals surface area contributed by atoms with Crippen LogP contribution in [0.5, 0.6) is 0 Å². The Balaban J connectivity index is 2.23. The highest BCUT2D eigenvalue weighted by Crippen LogP contribution is 2.24. The molecule has 1 aromatic heterocycles. The normalized spacial score (nSPS) is 12.3. The smallest absolute Gasteiger partial charge is 0.311 e. The molecule has 0 spiro atoms. The minimum absolute atomic E-state index is 0.439. The molecule has 88 valence electrons. The van der Waals surface area contributed by atoms with Crippen LogP contribution in [0.1, 0.15) is 16.5 Å². The van der Waals surface area contributed by atoms with E-state index < -0.39 is 11.9 Å². The Kier molecular flexibility index (Phi) is 3.91. The van der Waals surface area contributed by atoms with Gasteiger partial charge in [-0.05, 0) is 17.7 Å². The summed E-state index contributed by atoms with van der Waals surface area (Å²) in [6.45, 7) is 0. The number of benzene rings is 1. The molecular formula is C12H10BrNO2S. The van der Waals surface area contributed by atoms with Crippen molar-refractivity contribution in [3.8, 4) is 0 Å². The molecule has 0 saturated heterocycles. The fourth-order valence-electron chi connectivity index (χ4n) is 1.57. The number of thiazole rings is 1. The number of carboxylic acids is 1. The van der Waals surface area contributed by atoms with Gasteiger partial charge in [0.25, 0.3) is 0 Å². The maximum atomic E-state index is 11.3. The molecular weight excluding hydrogens is 302 g/mol. The molecule has 0 aliphatic rings. The first-order chi connectivity index (χ1) is 8.16. The topological polar surface area (TPSA) is 50.2 Å². The standard InChI is InChI=1S/C12H10BrNO2S/c13-9-3-1-8(2-4-9)10(12(15)16)7-11-14-5-6-17-11/h1-6,10H,7H2,(H,15,16). The van der Waals surface area contributed by atoms with Gasteiger partial charge >= 0.3 is 5.97 Å². The van der Waals surface area contributed by atoms with Crippen molar-refractivity contribution in [2.45, 2.75) is 12.3 Å². The molecule has 17 heavy (non-hydrogen) atoms. The molecule has 2 rings (SSSR count). The maximum absolute atomic E-state index is 11.3. The second kappa shape index (κ2) is 5.42. The Bertz CT molecular complexity index is 496. The van der Waals surface area contributed by atoms with E-state index >= 15 is 0 Å². The van der Waals surface area contributed by atoms with E-state index in [0.717, 1.165) is 15.0 Å². The van der Waals surface area contributed by atoms with Crippen LogP contribution in [0.25, 0.3) is 0 Å². The van der Waals surface area contributed by atoms with Crippen molar-refractivity contribution >= 4 is 33.2 Å². The molecule has 1 aromatic carbocycles. The molecule has 3 nitrogen and oxygen atoms in total. The summed E-state index contributed by atoms with van der Waals surface area (Å²) in [5.41, 5.74) is 0.802. The van der Waals surface area contributed by atoms with Gasteiger partial charge in [0.2, 0.25) is 0 Å².